The third-order valence-electron chi connectivity index (χ3n) is 5.48. The SMILES string of the molecule is CCCC[N+](C)(CCCS(=O)(=O)O)CC[N+](C)(CCCC)CCCS(=O)(=O)O. The lowest BCUT2D eigenvalue weighted by Crippen LogP contribution is -2.56. The molecule has 0 radical (unpaired) electrons. The standard InChI is InChI=1S/C18H40N2O6S2/c1-5-7-11-19(3,13-9-17-27(21,22)23)15-16-20(4,12-8-6-2)14-10-18-28(24,25)26/h5-18H2,1-4H3/p+2. The van der Waals surface area contributed by atoms with Gasteiger partial charge in [-0.25, -0.2) is 0 Å². The van der Waals surface area contributed by atoms with Gasteiger partial charge in [0.05, 0.1) is 51.8 Å². The van der Waals surface area contributed by atoms with Crippen molar-refractivity contribution in [2.24, 2.45) is 0 Å². The molecule has 0 aliphatic rings. The second-order valence-electron chi connectivity index (χ2n) is 8.57. The first-order valence-electron chi connectivity index (χ1n) is 10.3. The second kappa shape index (κ2) is 12.4. The molecule has 2 atom stereocenters. The van der Waals surface area contributed by atoms with Gasteiger partial charge < -0.3 is 8.97 Å². The van der Waals surface area contributed by atoms with Crippen molar-refractivity contribution in [1.82, 2.24) is 0 Å². The highest BCUT2D eigenvalue weighted by atomic mass is 32.2. The molecule has 0 rings (SSSR count). The van der Waals surface area contributed by atoms with Gasteiger partial charge in [-0.1, -0.05) is 26.7 Å². The number of unbranched alkanes of at least 4 members (excludes halogenated alkanes) is 2. The molecular formula is C18H42N2O6S2+2. The fourth-order valence-corrected chi connectivity index (χ4v) is 4.48. The molecule has 0 aromatic heterocycles. The lowest BCUT2D eigenvalue weighted by Gasteiger charge is -2.40. The Balaban J connectivity index is 4.99. The number of rotatable bonds is 17. The zero-order chi connectivity index (χ0) is 21.9. The summed E-state index contributed by atoms with van der Waals surface area (Å²) in [5, 5.41) is 0. The highest BCUT2D eigenvalue weighted by Crippen LogP contribution is 2.14. The predicted octanol–water partition coefficient (Wildman–Crippen LogP) is 2.04. The summed E-state index contributed by atoms with van der Waals surface area (Å²) >= 11 is 0. The second-order valence-corrected chi connectivity index (χ2v) is 11.7. The lowest BCUT2D eigenvalue weighted by atomic mass is 10.2. The Morgan fingerprint density at radius 2 is 0.857 bits per heavy atom. The summed E-state index contributed by atoms with van der Waals surface area (Å²) in [6.45, 7) is 9.21. The van der Waals surface area contributed by atoms with Gasteiger partial charge >= 0.3 is 0 Å². The van der Waals surface area contributed by atoms with E-state index < -0.39 is 20.2 Å². The van der Waals surface area contributed by atoms with Crippen LogP contribution in [-0.2, 0) is 20.2 Å². The van der Waals surface area contributed by atoms with Crippen LogP contribution >= 0.6 is 0 Å². The van der Waals surface area contributed by atoms with E-state index in [0.717, 1.165) is 60.8 Å². The van der Waals surface area contributed by atoms with Gasteiger partial charge in [0.15, 0.2) is 0 Å². The Morgan fingerprint density at radius 1 is 0.571 bits per heavy atom. The monoisotopic (exact) mass is 446 g/mol. The van der Waals surface area contributed by atoms with Gasteiger partial charge in [0.1, 0.15) is 13.1 Å². The molecule has 0 aromatic rings. The molecule has 0 aliphatic heterocycles. The van der Waals surface area contributed by atoms with Gasteiger partial charge in [0, 0.05) is 12.8 Å². The van der Waals surface area contributed by atoms with E-state index in [-0.39, 0.29) is 11.5 Å². The Hall–Kier alpha value is -0.260. The Bertz CT molecular complexity index is 582. The molecule has 0 bridgehead atoms. The van der Waals surface area contributed by atoms with Crippen molar-refractivity contribution in [3.05, 3.63) is 0 Å². The minimum Gasteiger partial charge on any atom is -0.321 e. The van der Waals surface area contributed by atoms with Crippen LogP contribution in [0.15, 0.2) is 0 Å². The van der Waals surface area contributed by atoms with Gasteiger partial charge in [-0.15, -0.1) is 0 Å². The first-order chi connectivity index (χ1) is 12.7. The summed E-state index contributed by atoms with van der Waals surface area (Å²) in [4.78, 5) is 0. The molecule has 0 aromatic carbocycles. The van der Waals surface area contributed by atoms with Gasteiger partial charge in [0.25, 0.3) is 20.2 Å². The van der Waals surface area contributed by atoms with Crippen LogP contribution in [0.2, 0.25) is 0 Å². The summed E-state index contributed by atoms with van der Waals surface area (Å²) in [7, 11) is -3.63. The van der Waals surface area contributed by atoms with E-state index in [4.69, 9.17) is 9.11 Å². The Morgan fingerprint density at radius 3 is 1.11 bits per heavy atom. The molecule has 0 fully saturated rings. The summed E-state index contributed by atoms with van der Waals surface area (Å²) in [5.74, 6) is -0.438. The number of hydrogen-bond donors (Lipinski definition) is 2. The van der Waals surface area contributed by atoms with Crippen molar-refractivity contribution >= 4 is 20.2 Å². The van der Waals surface area contributed by atoms with Crippen LogP contribution < -0.4 is 0 Å². The summed E-state index contributed by atoms with van der Waals surface area (Å²) in [5.41, 5.74) is 0. The normalized spacial score (nSPS) is 17.2. The zero-order valence-electron chi connectivity index (χ0n) is 18.1. The van der Waals surface area contributed by atoms with E-state index in [1.54, 1.807) is 0 Å². The van der Waals surface area contributed by atoms with Crippen LogP contribution in [0.1, 0.15) is 52.4 Å². The summed E-state index contributed by atoms with van der Waals surface area (Å²) < 4.78 is 63.6. The van der Waals surface area contributed by atoms with E-state index in [9.17, 15) is 16.8 Å². The molecule has 170 valence electrons. The Labute approximate surface area is 172 Å². The average molecular weight is 447 g/mol. The van der Waals surface area contributed by atoms with Gasteiger partial charge in [0.2, 0.25) is 0 Å². The molecule has 0 saturated heterocycles. The van der Waals surface area contributed by atoms with Crippen molar-refractivity contribution in [3.63, 3.8) is 0 Å². The maximum atomic E-state index is 11.0. The molecule has 0 aliphatic carbocycles. The smallest absolute Gasteiger partial charge is 0.265 e. The van der Waals surface area contributed by atoms with E-state index in [0.29, 0.717) is 25.9 Å². The number of hydrogen-bond acceptors (Lipinski definition) is 4. The summed E-state index contributed by atoms with van der Waals surface area (Å²) in [6, 6.07) is 0. The molecule has 0 amide bonds. The van der Waals surface area contributed by atoms with Crippen LogP contribution in [0.3, 0.4) is 0 Å². The maximum absolute atomic E-state index is 11.0. The molecule has 2 N–H and O–H groups in total. The predicted molar refractivity (Wildman–Crippen MR) is 113 cm³/mol. The average Bonchev–Trinajstić information content (AvgIpc) is 2.54. The molecule has 0 heterocycles. The zero-order valence-corrected chi connectivity index (χ0v) is 19.8. The van der Waals surface area contributed by atoms with Crippen LogP contribution in [0, 0.1) is 0 Å². The fraction of sp³-hybridized carbons (Fsp3) is 1.00. The molecule has 10 heteroatoms. The van der Waals surface area contributed by atoms with E-state index in [2.05, 4.69) is 27.9 Å². The molecule has 2 unspecified atom stereocenters. The quantitative estimate of drug-likeness (QED) is 0.261. The molecule has 0 saturated carbocycles. The van der Waals surface area contributed by atoms with Crippen molar-refractivity contribution in [2.75, 3.05) is 64.9 Å². The third kappa shape index (κ3) is 14.7. The number of likely N-dealkylation sites (N-methyl/N-ethyl adjacent to an activating group) is 2. The van der Waals surface area contributed by atoms with E-state index in [1.165, 1.54) is 0 Å². The van der Waals surface area contributed by atoms with Crippen LogP contribution in [-0.4, -0.2) is 99.8 Å². The highest BCUT2D eigenvalue weighted by Gasteiger charge is 2.29. The van der Waals surface area contributed by atoms with Gasteiger partial charge in [-0.3, -0.25) is 9.11 Å². The fourth-order valence-electron chi connectivity index (χ4n) is 3.49. The number of nitrogens with zero attached hydrogens (tertiary/aromatic N) is 2. The molecule has 0 spiro atoms. The van der Waals surface area contributed by atoms with Crippen molar-refractivity contribution < 1.29 is 34.9 Å². The van der Waals surface area contributed by atoms with Crippen LogP contribution in [0.4, 0.5) is 0 Å². The topological polar surface area (TPSA) is 109 Å². The third-order valence-corrected chi connectivity index (χ3v) is 7.09. The highest BCUT2D eigenvalue weighted by molar-refractivity contribution is 7.86. The lowest BCUT2D eigenvalue weighted by molar-refractivity contribution is -0.964. The summed E-state index contributed by atoms with van der Waals surface area (Å²) in [6.07, 6.45) is 5.04. The van der Waals surface area contributed by atoms with Gasteiger partial charge in [-0.2, -0.15) is 16.8 Å². The first-order valence-corrected chi connectivity index (χ1v) is 13.5. The maximum Gasteiger partial charge on any atom is 0.265 e. The molecular weight excluding hydrogens is 404 g/mol. The minimum absolute atomic E-state index is 0.219. The van der Waals surface area contributed by atoms with Crippen molar-refractivity contribution in [2.45, 2.75) is 52.4 Å². The van der Waals surface area contributed by atoms with Crippen LogP contribution in [0.25, 0.3) is 0 Å². The van der Waals surface area contributed by atoms with Crippen molar-refractivity contribution in [1.29, 1.82) is 0 Å². The van der Waals surface area contributed by atoms with E-state index >= 15 is 0 Å². The van der Waals surface area contributed by atoms with Crippen LogP contribution in [0.5, 0.6) is 0 Å². The van der Waals surface area contributed by atoms with Gasteiger partial charge in [-0.05, 0) is 12.8 Å². The largest absolute Gasteiger partial charge is 0.321 e. The number of quaternary nitrogens is 2. The minimum atomic E-state index is -3.94. The Kier molecular flexibility index (Phi) is 12.3. The molecule has 8 nitrogen and oxygen atoms in total. The van der Waals surface area contributed by atoms with E-state index in [1.807, 2.05) is 0 Å². The first kappa shape index (κ1) is 27.7. The molecule has 28 heavy (non-hydrogen) atoms. The van der Waals surface area contributed by atoms with Crippen molar-refractivity contribution in [3.8, 4) is 0 Å².